The Balaban J connectivity index is 0.00000625. The van der Waals surface area contributed by atoms with Gasteiger partial charge in [-0.25, -0.2) is 4.99 Å². The Morgan fingerprint density at radius 1 is 1.12 bits per heavy atom. The smallest absolute Gasteiger partial charge is 0.253 e. The van der Waals surface area contributed by atoms with Gasteiger partial charge in [0.15, 0.2) is 5.96 Å². The molecule has 1 aromatic rings. The maximum Gasteiger partial charge on any atom is 0.253 e. The summed E-state index contributed by atoms with van der Waals surface area (Å²) < 4.78 is 0. The number of guanidine groups is 1. The minimum absolute atomic E-state index is 0. The fourth-order valence-electron chi connectivity index (χ4n) is 2.27. The molecule has 0 fully saturated rings. The molecule has 0 aliphatic carbocycles. The molecule has 0 unspecified atom stereocenters. The molecule has 1 aromatic carbocycles. The van der Waals surface area contributed by atoms with Crippen molar-refractivity contribution in [2.45, 2.75) is 45.8 Å². The largest absolute Gasteiger partial charge is 0.388 e. The van der Waals surface area contributed by atoms with Crippen LogP contribution in [0.15, 0.2) is 29.3 Å². The number of aliphatic imine (C=N–C) groups is 1. The molecule has 0 spiro atoms. The van der Waals surface area contributed by atoms with Gasteiger partial charge in [-0.15, -0.1) is 24.0 Å². The highest BCUT2D eigenvalue weighted by molar-refractivity contribution is 14.0. The second-order valence-corrected chi connectivity index (χ2v) is 6.38. The van der Waals surface area contributed by atoms with Gasteiger partial charge in [0, 0.05) is 32.7 Å². The van der Waals surface area contributed by atoms with E-state index in [1.54, 1.807) is 19.0 Å². The van der Waals surface area contributed by atoms with E-state index < -0.39 is 5.60 Å². The number of amides is 1. The van der Waals surface area contributed by atoms with E-state index in [1.807, 2.05) is 45.0 Å². The molecule has 0 saturated carbocycles. The fourth-order valence-corrected chi connectivity index (χ4v) is 2.27. The van der Waals surface area contributed by atoms with Crippen LogP contribution in [0.1, 0.15) is 49.5 Å². The fraction of sp³-hybridized carbons (Fsp3) is 0.579. The molecule has 0 aliphatic rings. The summed E-state index contributed by atoms with van der Waals surface area (Å²) in [7, 11) is 3.48. The monoisotopic (exact) mass is 476 g/mol. The molecule has 0 heterocycles. The van der Waals surface area contributed by atoms with Gasteiger partial charge in [0.1, 0.15) is 0 Å². The molecule has 0 atom stereocenters. The van der Waals surface area contributed by atoms with Gasteiger partial charge in [0.2, 0.25) is 0 Å². The quantitative estimate of drug-likeness (QED) is 0.306. The van der Waals surface area contributed by atoms with Crippen molar-refractivity contribution in [3.8, 4) is 0 Å². The third-order valence-corrected chi connectivity index (χ3v) is 4.27. The zero-order chi connectivity index (χ0) is 18.9. The minimum atomic E-state index is -0.718. The van der Waals surface area contributed by atoms with Crippen molar-refractivity contribution in [1.29, 1.82) is 0 Å². The van der Waals surface area contributed by atoms with Crippen molar-refractivity contribution in [3.63, 3.8) is 0 Å². The highest BCUT2D eigenvalue weighted by Gasteiger charge is 2.22. The minimum Gasteiger partial charge on any atom is -0.388 e. The number of nitrogens with one attached hydrogen (secondary N) is 2. The molecule has 1 amide bonds. The Morgan fingerprint density at radius 2 is 1.69 bits per heavy atom. The Hall–Kier alpha value is -1.35. The summed E-state index contributed by atoms with van der Waals surface area (Å²) >= 11 is 0. The Bertz CT molecular complexity index is 569. The molecule has 7 heteroatoms. The van der Waals surface area contributed by atoms with Gasteiger partial charge in [0.25, 0.3) is 5.91 Å². The number of halogens is 1. The van der Waals surface area contributed by atoms with Crippen LogP contribution in [-0.4, -0.2) is 54.7 Å². The van der Waals surface area contributed by atoms with Gasteiger partial charge in [-0.05, 0) is 37.5 Å². The Morgan fingerprint density at radius 3 is 2.15 bits per heavy atom. The van der Waals surface area contributed by atoms with Gasteiger partial charge in [-0.2, -0.15) is 0 Å². The summed E-state index contributed by atoms with van der Waals surface area (Å²) in [6, 6.07) is 7.47. The number of rotatable bonds is 8. The van der Waals surface area contributed by atoms with Gasteiger partial charge in [-0.3, -0.25) is 4.79 Å². The lowest BCUT2D eigenvalue weighted by Gasteiger charge is -2.26. The Kier molecular flexibility index (Phi) is 11.5. The van der Waals surface area contributed by atoms with Crippen LogP contribution >= 0.6 is 24.0 Å². The highest BCUT2D eigenvalue weighted by Crippen LogP contribution is 2.13. The van der Waals surface area contributed by atoms with E-state index in [2.05, 4.69) is 15.6 Å². The predicted octanol–water partition coefficient (Wildman–Crippen LogP) is 2.61. The number of aliphatic hydroxyl groups is 1. The predicted molar refractivity (Wildman–Crippen MR) is 118 cm³/mol. The topological polar surface area (TPSA) is 77.0 Å². The molecule has 0 aliphatic heterocycles. The van der Waals surface area contributed by atoms with Crippen LogP contribution in [0.5, 0.6) is 0 Å². The van der Waals surface area contributed by atoms with Crippen LogP contribution in [-0.2, 0) is 6.54 Å². The first kappa shape index (κ1) is 24.7. The standard InChI is InChI=1S/C19H32N4O2.HI/c1-6-19(25,7-2)14-22-18(20-8-3)21-13-15-9-11-16(12-10-15)17(24)23(4)5;/h9-12,25H,6-8,13-14H2,1-5H3,(H2,20,21,22);1H. The van der Waals surface area contributed by atoms with Crippen LogP contribution < -0.4 is 10.6 Å². The van der Waals surface area contributed by atoms with Crippen LogP contribution in [0.2, 0.25) is 0 Å². The van der Waals surface area contributed by atoms with Crippen molar-refractivity contribution >= 4 is 35.8 Å². The number of hydrogen-bond acceptors (Lipinski definition) is 3. The van der Waals surface area contributed by atoms with Crippen molar-refractivity contribution in [2.75, 3.05) is 27.2 Å². The summed E-state index contributed by atoms with van der Waals surface area (Å²) in [6.45, 7) is 7.67. The number of carbonyl (C=O) groups excluding carboxylic acids is 1. The van der Waals surface area contributed by atoms with Crippen molar-refractivity contribution < 1.29 is 9.90 Å². The average molecular weight is 476 g/mol. The van der Waals surface area contributed by atoms with Crippen LogP contribution in [0.3, 0.4) is 0 Å². The molecule has 1 rings (SSSR count). The first-order valence-corrected chi connectivity index (χ1v) is 8.90. The third-order valence-electron chi connectivity index (χ3n) is 4.27. The second-order valence-electron chi connectivity index (χ2n) is 6.38. The number of benzene rings is 1. The van der Waals surface area contributed by atoms with Crippen LogP contribution in [0.25, 0.3) is 0 Å². The second kappa shape index (κ2) is 12.1. The molecular formula is C19H33IN4O2. The molecule has 0 radical (unpaired) electrons. The molecule has 148 valence electrons. The van der Waals surface area contributed by atoms with E-state index in [0.29, 0.717) is 37.5 Å². The molecule has 26 heavy (non-hydrogen) atoms. The molecule has 0 bridgehead atoms. The van der Waals surface area contributed by atoms with Crippen molar-refractivity contribution in [2.24, 2.45) is 4.99 Å². The van der Waals surface area contributed by atoms with Crippen molar-refractivity contribution in [1.82, 2.24) is 15.5 Å². The molecule has 0 saturated heterocycles. The average Bonchev–Trinajstić information content (AvgIpc) is 2.63. The van der Waals surface area contributed by atoms with E-state index in [9.17, 15) is 9.90 Å². The summed E-state index contributed by atoms with van der Waals surface area (Å²) in [5.41, 5.74) is 0.970. The molecule has 0 aromatic heterocycles. The van der Waals surface area contributed by atoms with E-state index in [1.165, 1.54) is 0 Å². The first-order valence-electron chi connectivity index (χ1n) is 8.90. The van der Waals surface area contributed by atoms with E-state index in [-0.39, 0.29) is 29.9 Å². The van der Waals surface area contributed by atoms with Crippen molar-refractivity contribution in [3.05, 3.63) is 35.4 Å². The summed E-state index contributed by atoms with van der Waals surface area (Å²) in [4.78, 5) is 18.0. The zero-order valence-corrected chi connectivity index (χ0v) is 18.8. The van der Waals surface area contributed by atoms with Crippen LogP contribution in [0.4, 0.5) is 0 Å². The van der Waals surface area contributed by atoms with E-state index >= 15 is 0 Å². The lowest BCUT2D eigenvalue weighted by Crippen LogP contribution is -2.46. The van der Waals surface area contributed by atoms with E-state index in [0.717, 1.165) is 12.1 Å². The normalized spacial score (nSPS) is 11.5. The third kappa shape index (κ3) is 7.90. The summed E-state index contributed by atoms with van der Waals surface area (Å²) in [5.74, 6) is 0.666. The Labute approximate surface area is 174 Å². The number of nitrogens with zero attached hydrogens (tertiary/aromatic N) is 2. The van der Waals surface area contributed by atoms with Gasteiger partial charge in [0.05, 0.1) is 12.1 Å². The maximum atomic E-state index is 11.9. The lowest BCUT2D eigenvalue weighted by atomic mass is 9.98. The highest BCUT2D eigenvalue weighted by atomic mass is 127. The maximum absolute atomic E-state index is 11.9. The van der Waals surface area contributed by atoms with E-state index in [4.69, 9.17) is 0 Å². The number of hydrogen-bond donors (Lipinski definition) is 3. The first-order chi connectivity index (χ1) is 11.8. The summed E-state index contributed by atoms with van der Waals surface area (Å²) in [6.07, 6.45) is 1.38. The summed E-state index contributed by atoms with van der Waals surface area (Å²) in [5, 5.41) is 16.8. The molecule has 3 N–H and O–H groups in total. The lowest BCUT2D eigenvalue weighted by molar-refractivity contribution is 0.0367. The van der Waals surface area contributed by atoms with Gasteiger partial charge >= 0.3 is 0 Å². The van der Waals surface area contributed by atoms with Crippen LogP contribution in [0, 0.1) is 0 Å². The zero-order valence-electron chi connectivity index (χ0n) is 16.5. The molecule has 6 nitrogen and oxygen atoms in total. The number of carbonyl (C=O) groups is 1. The SMILES string of the molecule is CCNC(=NCc1ccc(C(=O)N(C)C)cc1)NCC(O)(CC)CC.I. The van der Waals surface area contributed by atoms with Gasteiger partial charge in [-0.1, -0.05) is 26.0 Å². The van der Waals surface area contributed by atoms with Gasteiger partial charge < -0.3 is 20.6 Å². The molecular weight excluding hydrogens is 443 g/mol.